The second-order valence-electron chi connectivity index (χ2n) is 7.14. The van der Waals surface area contributed by atoms with Crippen LogP contribution in [-0.4, -0.2) is 44.7 Å². The van der Waals surface area contributed by atoms with Gasteiger partial charge in [0.15, 0.2) is 6.54 Å². The van der Waals surface area contributed by atoms with Gasteiger partial charge in [0.2, 0.25) is 0 Å². The Morgan fingerprint density at radius 3 is 2.31 bits per heavy atom. The number of para-hydroxylation sites is 1. The summed E-state index contributed by atoms with van der Waals surface area (Å²) >= 11 is 0. The molecule has 3 amide bonds. The molecule has 8 heteroatoms. The smallest absolute Gasteiger partial charge is 0.322 e. The van der Waals surface area contributed by atoms with Crippen LogP contribution in [0.4, 0.5) is 14.9 Å². The zero-order chi connectivity index (χ0) is 20.6. The van der Waals surface area contributed by atoms with Crippen molar-refractivity contribution < 1.29 is 23.8 Å². The fraction of sp³-hybridized carbons (Fsp3) is 0.286. The van der Waals surface area contributed by atoms with E-state index in [1.807, 2.05) is 24.3 Å². The first kappa shape index (κ1) is 20.5. The Balaban J connectivity index is 1.39. The minimum Gasteiger partial charge on any atom is -0.322 e. The zero-order valence-corrected chi connectivity index (χ0v) is 16.0. The second kappa shape index (κ2) is 9.78. The number of hydrogen-bond acceptors (Lipinski definition) is 3. The minimum atomic E-state index is -0.732. The Hall–Kier alpha value is -3.28. The molecule has 0 radical (unpaired) electrons. The van der Waals surface area contributed by atoms with Gasteiger partial charge in [-0.25, -0.2) is 9.18 Å². The van der Waals surface area contributed by atoms with Crippen LogP contribution in [0.25, 0.3) is 0 Å². The van der Waals surface area contributed by atoms with E-state index in [4.69, 9.17) is 5.26 Å². The summed E-state index contributed by atoms with van der Waals surface area (Å²) in [4.78, 5) is 26.5. The molecule has 0 bridgehead atoms. The summed E-state index contributed by atoms with van der Waals surface area (Å²) in [5.74, 6) is -0.938. The molecule has 1 aliphatic heterocycles. The molecule has 0 unspecified atom stereocenters. The summed E-state index contributed by atoms with van der Waals surface area (Å²) in [5, 5.41) is 13.5. The third kappa shape index (κ3) is 6.10. The van der Waals surface area contributed by atoms with Crippen LogP contribution >= 0.6 is 0 Å². The van der Waals surface area contributed by atoms with Gasteiger partial charge in [-0.2, -0.15) is 5.26 Å². The zero-order valence-electron chi connectivity index (χ0n) is 16.0. The number of quaternary nitrogens is 2. The average Bonchev–Trinajstić information content (AvgIpc) is 2.71. The van der Waals surface area contributed by atoms with E-state index in [0.717, 1.165) is 37.6 Å². The van der Waals surface area contributed by atoms with Gasteiger partial charge in [0.05, 0.1) is 17.3 Å². The lowest BCUT2D eigenvalue weighted by atomic mass is 10.1. The third-order valence-corrected chi connectivity index (χ3v) is 4.99. The number of urea groups is 1. The number of benzene rings is 2. The van der Waals surface area contributed by atoms with E-state index in [0.29, 0.717) is 5.56 Å². The highest BCUT2D eigenvalue weighted by atomic mass is 19.1. The van der Waals surface area contributed by atoms with Gasteiger partial charge in [0.1, 0.15) is 38.5 Å². The van der Waals surface area contributed by atoms with E-state index in [9.17, 15) is 14.0 Å². The van der Waals surface area contributed by atoms with E-state index in [2.05, 4.69) is 16.7 Å². The number of hydrogen-bond donors (Lipinski definition) is 4. The van der Waals surface area contributed by atoms with Gasteiger partial charge in [-0.15, -0.1) is 0 Å². The third-order valence-electron chi connectivity index (χ3n) is 4.99. The van der Waals surface area contributed by atoms with E-state index < -0.39 is 11.8 Å². The fourth-order valence-corrected chi connectivity index (χ4v) is 3.41. The minimum absolute atomic E-state index is 0.0326. The molecule has 0 aromatic heterocycles. The predicted molar refractivity (Wildman–Crippen MR) is 105 cm³/mol. The molecule has 1 saturated heterocycles. The van der Waals surface area contributed by atoms with Crippen molar-refractivity contribution in [3.05, 3.63) is 65.5 Å². The Kier molecular flexibility index (Phi) is 6.89. The van der Waals surface area contributed by atoms with Crippen molar-refractivity contribution >= 4 is 17.6 Å². The normalized spacial score (nSPS) is 18.5. The monoisotopic (exact) mass is 397 g/mol. The van der Waals surface area contributed by atoms with E-state index in [-0.39, 0.29) is 18.1 Å². The van der Waals surface area contributed by atoms with Crippen molar-refractivity contribution in [2.24, 2.45) is 0 Å². The summed E-state index contributed by atoms with van der Waals surface area (Å²) in [6.07, 6.45) is 0. The summed E-state index contributed by atoms with van der Waals surface area (Å²) in [7, 11) is 0. The largest absolute Gasteiger partial charge is 0.326 e. The Morgan fingerprint density at radius 1 is 1.00 bits per heavy atom. The van der Waals surface area contributed by atoms with Crippen LogP contribution in [-0.2, 0) is 11.3 Å². The first-order valence-electron chi connectivity index (χ1n) is 9.55. The van der Waals surface area contributed by atoms with Crippen LogP contribution in [0.3, 0.4) is 0 Å². The maximum absolute atomic E-state index is 13.5. The Labute approximate surface area is 168 Å². The molecule has 0 aliphatic carbocycles. The van der Waals surface area contributed by atoms with Crippen LogP contribution in [0.1, 0.15) is 11.1 Å². The lowest BCUT2D eigenvalue weighted by molar-refractivity contribution is -1.02. The molecule has 29 heavy (non-hydrogen) atoms. The molecule has 0 spiro atoms. The number of carbonyl (C=O) groups is 2. The molecular formula is C21H24FN5O2+2. The number of nitrogens with zero attached hydrogens (tertiary/aromatic N) is 1. The standard InChI is InChI=1S/C21H22FN5O2/c22-18-3-1-2-4-19(18)24-21(29)25-20(28)15-27-11-9-26(10-12-27)14-17-7-5-16(13-23)6-8-17/h1-8H,9-12,14-15H2,(H2,24,25,28,29)/p+2. The van der Waals surface area contributed by atoms with Crippen LogP contribution in [0.5, 0.6) is 0 Å². The highest BCUT2D eigenvalue weighted by Gasteiger charge is 2.25. The van der Waals surface area contributed by atoms with Crippen molar-refractivity contribution in [3.8, 4) is 6.07 Å². The van der Waals surface area contributed by atoms with Crippen LogP contribution in [0, 0.1) is 17.1 Å². The molecule has 4 N–H and O–H groups in total. The number of carbonyl (C=O) groups excluding carboxylic acids is 2. The van der Waals surface area contributed by atoms with E-state index in [1.165, 1.54) is 28.7 Å². The Morgan fingerprint density at radius 2 is 1.66 bits per heavy atom. The number of piperazine rings is 1. The van der Waals surface area contributed by atoms with Crippen molar-refractivity contribution in [2.75, 3.05) is 38.0 Å². The molecule has 1 heterocycles. The van der Waals surface area contributed by atoms with Gasteiger partial charge in [0, 0.05) is 5.56 Å². The lowest BCUT2D eigenvalue weighted by Gasteiger charge is -2.29. The Bertz CT molecular complexity index is 902. The molecule has 0 atom stereocenters. The number of rotatable bonds is 5. The van der Waals surface area contributed by atoms with Gasteiger partial charge >= 0.3 is 6.03 Å². The molecule has 3 rings (SSSR count). The fourth-order valence-electron chi connectivity index (χ4n) is 3.41. The molecule has 2 aromatic carbocycles. The predicted octanol–water partition coefficient (Wildman–Crippen LogP) is -0.671. The SMILES string of the molecule is N#Cc1ccc(C[NH+]2CC[NH+](CC(=O)NC(=O)Nc3ccccc3F)CC2)cc1. The maximum Gasteiger partial charge on any atom is 0.326 e. The number of imide groups is 1. The van der Waals surface area contributed by atoms with Crippen LogP contribution < -0.4 is 20.4 Å². The quantitative estimate of drug-likeness (QED) is 0.539. The number of nitrogens with one attached hydrogen (secondary N) is 4. The van der Waals surface area contributed by atoms with Crippen LogP contribution in [0.2, 0.25) is 0 Å². The van der Waals surface area contributed by atoms with Gasteiger partial charge < -0.3 is 15.1 Å². The highest BCUT2D eigenvalue weighted by molar-refractivity contribution is 6.01. The summed E-state index contributed by atoms with van der Waals surface area (Å²) in [5.41, 5.74) is 1.87. The molecule has 0 saturated carbocycles. The van der Waals surface area contributed by atoms with E-state index >= 15 is 0 Å². The first-order chi connectivity index (χ1) is 14.0. The first-order valence-corrected chi connectivity index (χ1v) is 9.55. The van der Waals surface area contributed by atoms with Crippen molar-refractivity contribution in [3.63, 3.8) is 0 Å². The van der Waals surface area contributed by atoms with Crippen molar-refractivity contribution in [1.29, 1.82) is 5.26 Å². The number of halogens is 1. The van der Waals surface area contributed by atoms with Gasteiger partial charge in [0.25, 0.3) is 5.91 Å². The van der Waals surface area contributed by atoms with Crippen molar-refractivity contribution in [2.45, 2.75) is 6.54 Å². The average molecular weight is 397 g/mol. The summed E-state index contributed by atoms with van der Waals surface area (Å²) in [6.45, 7) is 4.58. The molecule has 1 aliphatic rings. The number of nitriles is 1. The molecule has 7 nitrogen and oxygen atoms in total. The molecular weight excluding hydrogens is 373 g/mol. The highest BCUT2D eigenvalue weighted by Crippen LogP contribution is 2.11. The molecule has 2 aromatic rings. The summed E-state index contributed by atoms with van der Waals surface area (Å²) in [6, 6.07) is 14.8. The van der Waals surface area contributed by atoms with Gasteiger partial charge in [-0.05, 0) is 24.3 Å². The maximum atomic E-state index is 13.5. The molecule has 150 valence electrons. The molecule has 1 fully saturated rings. The van der Waals surface area contributed by atoms with Gasteiger partial charge in [-0.3, -0.25) is 10.1 Å². The lowest BCUT2D eigenvalue weighted by Crippen LogP contribution is -3.28. The number of anilines is 1. The topological polar surface area (TPSA) is 90.9 Å². The second-order valence-corrected chi connectivity index (χ2v) is 7.14. The van der Waals surface area contributed by atoms with Gasteiger partial charge in [-0.1, -0.05) is 24.3 Å². The van der Waals surface area contributed by atoms with E-state index in [1.54, 1.807) is 6.07 Å². The summed E-state index contributed by atoms with van der Waals surface area (Å²) < 4.78 is 13.5. The number of amides is 3. The van der Waals surface area contributed by atoms with Crippen LogP contribution in [0.15, 0.2) is 48.5 Å². The van der Waals surface area contributed by atoms with Crippen molar-refractivity contribution in [1.82, 2.24) is 5.32 Å².